The zero-order valence-corrected chi connectivity index (χ0v) is 9.83. The Kier molecular flexibility index (Phi) is 4.00. The van der Waals surface area contributed by atoms with E-state index in [0.29, 0.717) is 10.9 Å². The number of nitrogens with zero attached hydrogens (tertiary/aromatic N) is 1. The zero-order chi connectivity index (χ0) is 11.9. The summed E-state index contributed by atoms with van der Waals surface area (Å²) in [7, 11) is 0. The summed E-state index contributed by atoms with van der Waals surface area (Å²) >= 11 is 1.41. The second-order valence-electron chi connectivity index (χ2n) is 3.20. The molecule has 17 heavy (non-hydrogen) atoms. The quantitative estimate of drug-likeness (QED) is 0.497. The summed E-state index contributed by atoms with van der Waals surface area (Å²) in [5, 5.41) is 0.597. The third-order valence-electron chi connectivity index (χ3n) is 1.94. The number of thioether (sulfide) groups is 1. The second kappa shape index (κ2) is 5.92. The highest BCUT2D eigenvalue weighted by atomic mass is 32.2. The lowest BCUT2D eigenvalue weighted by Gasteiger charge is -1.93. The van der Waals surface area contributed by atoms with Crippen molar-refractivity contribution in [3.05, 3.63) is 58.5 Å². The molecule has 1 N–H and O–H groups in total. The number of rotatable bonds is 2. The molecule has 0 unspecified atom stereocenters. The first kappa shape index (κ1) is 11.5. The van der Waals surface area contributed by atoms with Gasteiger partial charge in [-0.2, -0.15) is 0 Å². The smallest absolute Gasteiger partial charge is 0.251 e. The molecule has 0 aliphatic heterocycles. The average Bonchev–Trinajstić information content (AvgIpc) is 2.36. The van der Waals surface area contributed by atoms with Crippen LogP contribution in [0.15, 0.2) is 52.5 Å². The van der Waals surface area contributed by atoms with Crippen LogP contribution in [0.5, 0.6) is 0 Å². The minimum Gasteiger partial charge on any atom is -0.301 e. The Hall–Kier alpha value is -1.99. The highest BCUT2D eigenvalue weighted by molar-refractivity contribution is 7.99. The van der Waals surface area contributed by atoms with Gasteiger partial charge in [-0.1, -0.05) is 41.8 Å². The topological polar surface area (TPSA) is 45.8 Å². The van der Waals surface area contributed by atoms with E-state index in [2.05, 4.69) is 21.8 Å². The SMILES string of the molecule is O=c1ccnc(SCC#Cc2ccccc2)[nH]1. The molecule has 4 heteroatoms. The minimum absolute atomic E-state index is 0.140. The van der Waals surface area contributed by atoms with E-state index >= 15 is 0 Å². The molecule has 0 atom stereocenters. The van der Waals surface area contributed by atoms with Gasteiger partial charge in [0.05, 0.1) is 5.75 Å². The van der Waals surface area contributed by atoms with Crippen molar-refractivity contribution >= 4 is 11.8 Å². The van der Waals surface area contributed by atoms with Gasteiger partial charge in [-0.3, -0.25) is 4.79 Å². The Morgan fingerprint density at radius 3 is 2.82 bits per heavy atom. The molecule has 0 saturated heterocycles. The van der Waals surface area contributed by atoms with E-state index in [9.17, 15) is 4.79 Å². The molecule has 0 saturated carbocycles. The van der Waals surface area contributed by atoms with E-state index < -0.39 is 0 Å². The summed E-state index contributed by atoms with van der Waals surface area (Å²) in [6, 6.07) is 11.2. The monoisotopic (exact) mass is 242 g/mol. The molecule has 1 aromatic carbocycles. The van der Waals surface area contributed by atoms with Gasteiger partial charge < -0.3 is 4.98 Å². The maximum Gasteiger partial charge on any atom is 0.251 e. The van der Waals surface area contributed by atoms with Crippen molar-refractivity contribution in [2.45, 2.75) is 5.16 Å². The fourth-order valence-corrected chi connectivity index (χ4v) is 1.78. The predicted octanol–water partition coefficient (Wildman–Crippen LogP) is 1.91. The Morgan fingerprint density at radius 2 is 2.06 bits per heavy atom. The number of hydrogen-bond donors (Lipinski definition) is 1. The average molecular weight is 242 g/mol. The van der Waals surface area contributed by atoms with Crippen molar-refractivity contribution in [2.24, 2.45) is 0 Å². The van der Waals surface area contributed by atoms with Crippen molar-refractivity contribution in [3.63, 3.8) is 0 Å². The third-order valence-corrected chi connectivity index (χ3v) is 2.70. The van der Waals surface area contributed by atoms with Crippen LogP contribution in [0.2, 0.25) is 0 Å². The van der Waals surface area contributed by atoms with Crippen LogP contribution in [0.4, 0.5) is 0 Å². The number of benzene rings is 1. The number of hydrogen-bond acceptors (Lipinski definition) is 3. The standard InChI is InChI=1S/C13H10N2OS/c16-12-8-9-14-13(15-12)17-10-4-7-11-5-2-1-3-6-11/h1-3,5-6,8-9H,10H2,(H,14,15,16). The van der Waals surface area contributed by atoms with Crippen LogP contribution >= 0.6 is 11.8 Å². The van der Waals surface area contributed by atoms with E-state index in [1.807, 2.05) is 30.3 Å². The lowest BCUT2D eigenvalue weighted by atomic mass is 10.2. The van der Waals surface area contributed by atoms with Crippen LogP contribution in [0.25, 0.3) is 0 Å². The molecule has 0 aliphatic rings. The van der Waals surface area contributed by atoms with E-state index in [0.717, 1.165) is 5.56 Å². The maximum absolute atomic E-state index is 11.0. The summed E-state index contributed by atoms with van der Waals surface area (Å²) in [6.07, 6.45) is 1.49. The van der Waals surface area contributed by atoms with Gasteiger partial charge in [-0.15, -0.1) is 0 Å². The van der Waals surface area contributed by atoms with Crippen molar-refractivity contribution in [2.75, 3.05) is 5.75 Å². The van der Waals surface area contributed by atoms with Crippen LogP contribution in [0, 0.1) is 11.8 Å². The van der Waals surface area contributed by atoms with Crippen LogP contribution in [-0.4, -0.2) is 15.7 Å². The third kappa shape index (κ3) is 3.82. The zero-order valence-electron chi connectivity index (χ0n) is 9.01. The van der Waals surface area contributed by atoms with Crippen LogP contribution < -0.4 is 5.56 Å². The molecule has 0 aliphatic carbocycles. The predicted molar refractivity (Wildman–Crippen MR) is 68.9 cm³/mol. The molecule has 3 nitrogen and oxygen atoms in total. The van der Waals surface area contributed by atoms with Crippen LogP contribution in [0.3, 0.4) is 0 Å². The van der Waals surface area contributed by atoms with Gasteiger partial charge in [-0.05, 0) is 12.1 Å². The highest BCUT2D eigenvalue weighted by Crippen LogP contribution is 2.08. The molecule has 0 spiro atoms. The fraction of sp³-hybridized carbons (Fsp3) is 0.0769. The number of aromatic amines is 1. The first-order valence-electron chi connectivity index (χ1n) is 5.06. The van der Waals surface area contributed by atoms with Gasteiger partial charge in [0.2, 0.25) is 0 Å². The van der Waals surface area contributed by atoms with Gasteiger partial charge in [0.15, 0.2) is 5.16 Å². The first-order valence-corrected chi connectivity index (χ1v) is 6.05. The number of aromatic nitrogens is 2. The Balaban J connectivity index is 1.92. The summed E-state index contributed by atoms with van der Waals surface area (Å²) in [4.78, 5) is 17.7. The van der Waals surface area contributed by atoms with E-state index in [1.54, 1.807) is 0 Å². The molecule has 2 aromatic rings. The second-order valence-corrected chi connectivity index (χ2v) is 4.16. The molecule has 84 valence electrons. The molecule has 0 radical (unpaired) electrons. The summed E-state index contributed by atoms with van der Waals surface area (Å²) < 4.78 is 0. The minimum atomic E-state index is -0.140. The van der Waals surface area contributed by atoms with Crippen molar-refractivity contribution in [1.29, 1.82) is 0 Å². The van der Waals surface area contributed by atoms with Gasteiger partial charge in [-0.25, -0.2) is 4.98 Å². The van der Waals surface area contributed by atoms with Crippen LogP contribution in [0.1, 0.15) is 5.56 Å². The normalized spacial score (nSPS) is 9.41. The van der Waals surface area contributed by atoms with E-state index in [-0.39, 0.29) is 5.56 Å². The first-order chi connectivity index (χ1) is 8.34. The van der Waals surface area contributed by atoms with Gasteiger partial charge in [0.25, 0.3) is 5.56 Å². The number of H-pyrrole nitrogens is 1. The summed E-state index contributed by atoms with van der Waals surface area (Å²) in [5.74, 6) is 6.66. The molecular formula is C13H10N2OS. The lowest BCUT2D eigenvalue weighted by Crippen LogP contribution is -2.05. The van der Waals surface area contributed by atoms with E-state index in [1.165, 1.54) is 24.0 Å². The van der Waals surface area contributed by atoms with Crippen molar-refractivity contribution in [3.8, 4) is 11.8 Å². The van der Waals surface area contributed by atoms with Crippen molar-refractivity contribution in [1.82, 2.24) is 9.97 Å². The van der Waals surface area contributed by atoms with Gasteiger partial charge >= 0.3 is 0 Å². The molecule has 1 aromatic heterocycles. The summed E-state index contributed by atoms with van der Waals surface area (Å²) in [5.41, 5.74) is 0.848. The Bertz CT molecular complexity index is 596. The highest BCUT2D eigenvalue weighted by Gasteiger charge is 1.93. The molecular weight excluding hydrogens is 232 g/mol. The molecule has 0 fully saturated rings. The largest absolute Gasteiger partial charge is 0.301 e. The van der Waals surface area contributed by atoms with Crippen LogP contribution in [-0.2, 0) is 0 Å². The Morgan fingerprint density at radius 1 is 1.24 bits per heavy atom. The fourth-order valence-electron chi connectivity index (χ4n) is 1.19. The molecule has 0 amide bonds. The molecule has 0 bridgehead atoms. The Labute approximate surface area is 103 Å². The lowest BCUT2D eigenvalue weighted by molar-refractivity contribution is 0.938. The van der Waals surface area contributed by atoms with Gasteiger partial charge in [0, 0.05) is 17.8 Å². The molecule has 1 heterocycles. The molecule has 2 rings (SSSR count). The van der Waals surface area contributed by atoms with Gasteiger partial charge in [0.1, 0.15) is 0 Å². The maximum atomic E-state index is 11.0. The van der Waals surface area contributed by atoms with E-state index in [4.69, 9.17) is 0 Å². The summed E-state index contributed by atoms with van der Waals surface area (Å²) in [6.45, 7) is 0. The van der Waals surface area contributed by atoms with Crippen molar-refractivity contribution < 1.29 is 0 Å². The number of nitrogens with one attached hydrogen (secondary N) is 1.